The highest BCUT2D eigenvalue weighted by molar-refractivity contribution is 5.44. The minimum Gasteiger partial charge on any atom is -0.370 e. The van der Waals surface area contributed by atoms with E-state index in [4.69, 9.17) is 0 Å². The largest absolute Gasteiger partial charge is 0.370 e. The zero-order valence-corrected chi connectivity index (χ0v) is 10.6. The maximum absolute atomic E-state index is 4.46. The fourth-order valence-corrected chi connectivity index (χ4v) is 1.54. The SMILES string of the molecule is CCNc1cccc(NCCCC(C)C)n1. The Morgan fingerprint density at radius 2 is 1.88 bits per heavy atom. The molecule has 90 valence electrons. The van der Waals surface area contributed by atoms with Crippen LogP contribution in [0.2, 0.25) is 0 Å². The second-order valence-electron chi connectivity index (χ2n) is 4.40. The van der Waals surface area contributed by atoms with Crippen LogP contribution in [0.3, 0.4) is 0 Å². The van der Waals surface area contributed by atoms with Gasteiger partial charge in [0.25, 0.3) is 0 Å². The van der Waals surface area contributed by atoms with Gasteiger partial charge in [-0.1, -0.05) is 19.9 Å². The molecule has 0 saturated carbocycles. The summed E-state index contributed by atoms with van der Waals surface area (Å²) >= 11 is 0. The Morgan fingerprint density at radius 3 is 2.50 bits per heavy atom. The summed E-state index contributed by atoms with van der Waals surface area (Å²) in [5.74, 6) is 2.68. The number of rotatable bonds is 7. The lowest BCUT2D eigenvalue weighted by atomic mass is 10.1. The second-order valence-corrected chi connectivity index (χ2v) is 4.40. The van der Waals surface area contributed by atoms with Crippen molar-refractivity contribution in [1.82, 2.24) is 4.98 Å². The fourth-order valence-electron chi connectivity index (χ4n) is 1.54. The third-order valence-electron chi connectivity index (χ3n) is 2.37. The molecule has 0 fully saturated rings. The quantitative estimate of drug-likeness (QED) is 0.693. The van der Waals surface area contributed by atoms with Gasteiger partial charge in [0.2, 0.25) is 0 Å². The number of hydrogen-bond donors (Lipinski definition) is 2. The van der Waals surface area contributed by atoms with Crippen molar-refractivity contribution < 1.29 is 0 Å². The van der Waals surface area contributed by atoms with Gasteiger partial charge in [0.1, 0.15) is 11.6 Å². The van der Waals surface area contributed by atoms with Crippen LogP contribution in [0.5, 0.6) is 0 Å². The van der Waals surface area contributed by atoms with Crippen molar-refractivity contribution >= 4 is 11.6 Å². The van der Waals surface area contributed by atoms with Crippen molar-refractivity contribution in [2.45, 2.75) is 33.6 Å². The Bertz CT molecular complexity index is 297. The number of anilines is 2. The molecule has 3 nitrogen and oxygen atoms in total. The van der Waals surface area contributed by atoms with Gasteiger partial charge in [-0.15, -0.1) is 0 Å². The van der Waals surface area contributed by atoms with Gasteiger partial charge >= 0.3 is 0 Å². The molecule has 0 unspecified atom stereocenters. The maximum Gasteiger partial charge on any atom is 0.128 e. The lowest BCUT2D eigenvalue weighted by molar-refractivity contribution is 0.566. The van der Waals surface area contributed by atoms with Crippen molar-refractivity contribution in [3.8, 4) is 0 Å². The number of pyridine rings is 1. The van der Waals surface area contributed by atoms with E-state index < -0.39 is 0 Å². The summed E-state index contributed by atoms with van der Waals surface area (Å²) in [5, 5.41) is 6.55. The minimum absolute atomic E-state index is 0.780. The fraction of sp³-hybridized carbons (Fsp3) is 0.615. The van der Waals surface area contributed by atoms with Crippen LogP contribution in [0.25, 0.3) is 0 Å². The normalized spacial score (nSPS) is 10.5. The van der Waals surface area contributed by atoms with Crippen molar-refractivity contribution in [1.29, 1.82) is 0 Å². The standard InChI is InChI=1S/C13H23N3/c1-4-14-12-8-5-9-13(16-12)15-10-6-7-11(2)3/h5,8-9,11H,4,6-7,10H2,1-3H3,(H2,14,15,16). The average molecular weight is 221 g/mol. The molecule has 0 aliphatic carbocycles. The first kappa shape index (κ1) is 12.8. The van der Waals surface area contributed by atoms with Gasteiger partial charge in [0.05, 0.1) is 0 Å². The molecule has 0 aliphatic rings. The molecule has 0 radical (unpaired) electrons. The first-order valence-corrected chi connectivity index (χ1v) is 6.17. The van der Waals surface area contributed by atoms with Gasteiger partial charge in [0, 0.05) is 13.1 Å². The first-order chi connectivity index (χ1) is 7.72. The van der Waals surface area contributed by atoms with Gasteiger partial charge in [-0.2, -0.15) is 0 Å². The summed E-state index contributed by atoms with van der Waals surface area (Å²) in [5.41, 5.74) is 0. The lowest BCUT2D eigenvalue weighted by Crippen LogP contribution is -2.06. The molecule has 1 heterocycles. The summed E-state index contributed by atoms with van der Waals surface area (Å²) in [7, 11) is 0. The molecule has 0 aliphatic heterocycles. The van der Waals surface area contributed by atoms with E-state index in [0.717, 1.165) is 30.6 Å². The van der Waals surface area contributed by atoms with Gasteiger partial charge in [-0.25, -0.2) is 4.98 Å². The van der Waals surface area contributed by atoms with Gasteiger partial charge in [0.15, 0.2) is 0 Å². The van der Waals surface area contributed by atoms with E-state index in [9.17, 15) is 0 Å². The first-order valence-electron chi connectivity index (χ1n) is 6.17. The summed E-state index contributed by atoms with van der Waals surface area (Å²) < 4.78 is 0. The molecule has 1 rings (SSSR count). The Kier molecular flexibility index (Phi) is 5.68. The van der Waals surface area contributed by atoms with Crippen molar-refractivity contribution in [3.05, 3.63) is 18.2 Å². The van der Waals surface area contributed by atoms with Crippen LogP contribution in [0, 0.1) is 5.92 Å². The van der Waals surface area contributed by atoms with Gasteiger partial charge in [-0.3, -0.25) is 0 Å². The molecule has 3 heteroatoms. The molecular weight excluding hydrogens is 198 g/mol. The van der Waals surface area contributed by atoms with Crippen LogP contribution in [-0.4, -0.2) is 18.1 Å². The predicted molar refractivity (Wildman–Crippen MR) is 71.0 cm³/mol. The van der Waals surface area contributed by atoms with Crippen LogP contribution < -0.4 is 10.6 Å². The number of nitrogens with one attached hydrogen (secondary N) is 2. The molecule has 0 saturated heterocycles. The van der Waals surface area contributed by atoms with E-state index in [1.165, 1.54) is 12.8 Å². The lowest BCUT2D eigenvalue weighted by Gasteiger charge is -2.08. The third-order valence-corrected chi connectivity index (χ3v) is 2.37. The minimum atomic E-state index is 0.780. The van der Waals surface area contributed by atoms with Gasteiger partial charge < -0.3 is 10.6 Å². The second kappa shape index (κ2) is 7.09. The zero-order chi connectivity index (χ0) is 11.8. The monoisotopic (exact) mass is 221 g/mol. The van der Waals surface area contributed by atoms with Crippen molar-refractivity contribution in [2.24, 2.45) is 5.92 Å². The van der Waals surface area contributed by atoms with Crippen molar-refractivity contribution in [2.75, 3.05) is 23.7 Å². The van der Waals surface area contributed by atoms with Crippen LogP contribution in [0.15, 0.2) is 18.2 Å². The highest BCUT2D eigenvalue weighted by Crippen LogP contribution is 2.09. The van der Waals surface area contributed by atoms with E-state index in [1.807, 2.05) is 18.2 Å². The average Bonchev–Trinajstić information content (AvgIpc) is 2.25. The van der Waals surface area contributed by atoms with Gasteiger partial charge in [-0.05, 0) is 37.8 Å². The summed E-state index contributed by atoms with van der Waals surface area (Å²) in [6, 6.07) is 6.02. The van der Waals surface area contributed by atoms with Crippen LogP contribution >= 0.6 is 0 Å². The summed E-state index contributed by atoms with van der Waals surface area (Å²) in [6.07, 6.45) is 2.46. The van der Waals surface area contributed by atoms with E-state index >= 15 is 0 Å². The summed E-state index contributed by atoms with van der Waals surface area (Å²) in [6.45, 7) is 8.49. The molecular formula is C13H23N3. The molecule has 2 N–H and O–H groups in total. The molecule has 0 spiro atoms. The highest BCUT2D eigenvalue weighted by atomic mass is 15.1. The Balaban J connectivity index is 2.33. The van der Waals surface area contributed by atoms with E-state index in [1.54, 1.807) is 0 Å². The molecule has 1 aromatic rings. The van der Waals surface area contributed by atoms with E-state index in [2.05, 4.69) is 36.4 Å². The Hall–Kier alpha value is -1.25. The van der Waals surface area contributed by atoms with Crippen LogP contribution in [0.4, 0.5) is 11.6 Å². The number of aromatic nitrogens is 1. The molecule has 0 aromatic carbocycles. The Morgan fingerprint density at radius 1 is 1.19 bits per heavy atom. The summed E-state index contributed by atoms with van der Waals surface area (Å²) in [4.78, 5) is 4.46. The Labute approximate surface area is 98.7 Å². The number of hydrogen-bond acceptors (Lipinski definition) is 3. The third kappa shape index (κ3) is 5.01. The smallest absolute Gasteiger partial charge is 0.128 e. The maximum atomic E-state index is 4.46. The molecule has 0 atom stereocenters. The highest BCUT2D eigenvalue weighted by Gasteiger charge is 1.97. The molecule has 0 bridgehead atoms. The van der Waals surface area contributed by atoms with Crippen molar-refractivity contribution in [3.63, 3.8) is 0 Å². The molecule has 1 aromatic heterocycles. The predicted octanol–water partition coefficient (Wildman–Crippen LogP) is 3.36. The van der Waals surface area contributed by atoms with Crippen LogP contribution in [-0.2, 0) is 0 Å². The van der Waals surface area contributed by atoms with Crippen LogP contribution in [0.1, 0.15) is 33.6 Å². The molecule has 16 heavy (non-hydrogen) atoms. The number of nitrogens with zero attached hydrogens (tertiary/aromatic N) is 1. The zero-order valence-electron chi connectivity index (χ0n) is 10.6. The molecule has 0 amide bonds. The van der Waals surface area contributed by atoms with E-state index in [0.29, 0.717) is 0 Å². The topological polar surface area (TPSA) is 37.0 Å². The van der Waals surface area contributed by atoms with E-state index in [-0.39, 0.29) is 0 Å².